The van der Waals surface area contributed by atoms with Crippen molar-refractivity contribution >= 4 is 22.6 Å². The van der Waals surface area contributed by atoms with Gasteiger partial charge in [-0.1, -0.05) is 29.5 Å². The summed E-state index contributed by atoms with van der Waals surface area (Å²) in [6, 6.07) is 16.2. The van der Waals surface area contributed by atoms with Crippen LogP contribution in [-0.4, -0.2) is 15.0 Å². The van der Waals surface area contributed by atoms with Crippen LogP contribution in [0.3, 0.4) is 0 Å². The highest BCUT2D eigenvalue weighted by Gasteiger charge is 2.05. The molecule has 0 spiro atoms. The van der Waals surface area contributed by atoms with Crippen molar-refractivity contribution in [3.05, 3.63) is 63.9 Å². The zero-order valence-electron chi connectivity index (χ0n) is 10.7. The number of benzene rings is 2. The van der Waals surface area contributed by atoms with E-state index in [0.29, 0.717) is 6.54 Å². The predicted molar refractivity (Wildman–Crippen MR) is 87.4 cm³/mol. The van der Waals surface area contributed by atoms with Crippen LogP contribution in [0, 0.1) is 3.57 Å². The Morgan fingerprint density at radius 2 is 1.70 bits per heavy atom. The summed E-state index contributed by atoms with van der Waals surface area (Å²) in [6.45, 7) is 0.551. The molecule has 0 aliphatic carbocycles. The lowest BCUT2D eigenvalue weighted by molar-refractivity contribution is 0.803. The van der Waals surface area contributed by atoms with Crippen LogP contribution in [0.15, 0.2) is 54.7 Å². The number of aromatic nitrogens is 3. The number of hydrogen-bond donors (Lipinski definition) is 1. The third kappa shape index (κ3) is 2.73. The van der Waals surface area contributed by atoms with Gasteiger partial charge in [0.2, 0.25) is 0 Å². The van der Waals surface area contributed by atoms with Gasteiger partial charge >= 0.3 is 0 Å². The molecule has 0 atom stereocenters. The number of hydrogen-bond acceptors (Lipinski definition) is 3. The summed E-state index contributed by atoms with van der Waals surface area (Å²) < 4.78 is 2.98. The number of nitrogens with zero attached hydrogens (tertiary/aromatic N) is 3. The van der Waals surface area contributed by atoms with E-state index >= 15 is 0 Å². The van der Waals surface area contributed by atoms with E-state index in [9.17, 15) is 0 Å². The van der Waals surface area contributed by atoms with Crippen LogP contribution in [0.2, 0.25) is 0 Å². The van der Waals surface area contributed by atoms with Crippen LogP contribution in [0.1, 0.15) is 5.56 Å². The van der Waals surface area contributed by atoms with Gasteiger partial charge in [0.25, 0.3) is 0 Å². The van der Waals surface area contributed by atoms with E-state index < -0.39 is 0 Å². The fourth-order valence-corrected chi connectivity index (χ4v) is 2.29. The summed E-state index contributed by atoms with van der Waals surface area (Å²) in [7, 11) is 0. The standard InChI is InChI=1S/C15H13IN4/c16-13-5-7-14(8-6-13)20-10-15(18-19-20)12-3-1-11(9-17)2-4-12/h1-8,10H,9,17H2. The van der Waals surface area contributed by atoms with Crippen molar-refractivity contribution in [3.8, 4) is 16.9 Å². The lowest BCUT2D eigenvalue weighted by atomic mass is 10.1. The Bertz CT molecular complexity index is 701. The molecule has 1 heterocycles. The van der Waals surface area contributed by atoms with Crippen LogP contribution in [-0.2, 0) is 6.54 Å². The van der Waals surface area contributed by atoms with Gasteiger partial charge in [-0.25, -0.2) is 4.68 Å². The molecule has 5 heteroatoms. The molecule has 0 fully saturated rings. The fourth-order valence-electron chi connectivity index (χ4n) is 1.93. The molecule has 0 radical (unpaired) electrons. The first-order valence-electron chi connectivity index (χ1n) is 6.24. The van der Waals surface area contributed by atoms with Crippen molar-refractivity contribution < 1.29 is 0 Å². The van der Waals surface area contributed by atoms with E-state index in [1.54, 1.807) is 4.68 Å². The van der Waals surface area contributed by atoms with E-state index in [4.69, 9.17) is 5.73 Å². The summed E-state index contributed by atoms with van der Waals surface area (Å²) in [5, 5.41) is 8.40. The third-order valence-electron chi connectivity index (χ3n) is 3.07. The van der Waals surface area contributed by atoms with Crippen LogP contribution in [0.5, 0.6) is 0 Å². The Morgan fingerprint density at radius 1 is 1.00 bits per heavy atom. The molecule has 4 nitrogen and oxygen atoms in total. The molecule has 0 aliphatic heterocycles. The second kappa shape index (κ2) is 5.72. The summed E-state index contributed by atoms with van der Waals surface area (Å²) in [5.41, 5.74) is 9.61. The molecule has 0 bridgehead atoms. The van der Waals surface area contributed by atoms with Gasteiger partial charge < -0.3 is 5.73 Å². The zero-order chi connectivity index (χ0) is 13.9. The second-order valence-electron chi connectivity index (χ2n) is 4.43. The van der Waals surface area contributed by atoms with E-state index in [1.165, 1.54) is 3.57 Å². The van der Waals surface area contributed by atoms with Crippen molar-refractivity contribution in [1.82, 2.24) is 15.0 Å². The van der Waals surface area contributed by atoms with Crippen molar-refractivity contribution in [1.29, 1.82) is 0 Å². The van der Waals surface area contributed by atoms with Gasteiger partial charge in [-0.05, 0) is 52.4 Å². The molecular weight excluding hydrogens is 363 g/mol. The van der Waals surface area contributed by atoms with Crippen molar-refractivity contribution in [3.63, 3.8) is 0 Å². The Morgan fingerprint density at radius 3 is 2.35 bits per heavy atom. The van der Waals surface area contributed by atoms with Gasteiger partial charge in [-0.2, -0.15) is 0 Å². The van der Waals surface area contributed by atoms with Gasteiger partial charge in [0.1, 0.15) is 5.69 Å². The van der Waals surface area contributed by atoms with Gasteiger partial charge in [0.05, 0.1) is 11.9 Å². The molecule has 100 valence electrons. The molecule has 20 heavy (non-hydrogen) atoms. The maximum absolute atomic E-state index is 5.60. The monoisotopic (exact) mass is 376 g/mol. The van der Waals surface area contributed by atoms with Crippen molar-refractivity contribution in [2.45, 2.75) is 6.54 Å². The van der Waals surface area contributed by atoms with E-state index in [1.807, 2.05) is 54.7 Å². The molecule has 0 aliphatic rings. The van der Waals surface area contributed by atoms with Gasteiger partial charge in [-0.3, -0.25) is 0 Å². The molecule has 1 aromatic heterocycles. The molecule has 0 saturated heterocycles. The highest BCUT2D eigenvalue weighted by atomic mass is 127. The number of rotatable bonds is 3. The molecule has 3 aromatic rings. The summed E-state index contributed by atoms with van der Waals surface area (Å²) in [6.07, 6.45) is 1.93. The fraction of sp³-hybridized carbons (Fsp3) is 0.0667. The smallest absolute Gasteiger partial charge is 0.113 e. The maximum atomic E-state index is 5.60. The van der Waals surface area contributed by atoms with Crippen LogP contribution < -0.4 is 5.73 Å². The van der Waals surface area contributed by atoms with Crippen LogP contribution in [0.25, 0.3) is 16.9 Å². The first-order valence-corrected chi connectivity index (χ1v) is 7.32. The minimum absolute atomic E-state index is 0.551. The third-order valence-corrected chi connectivity index (χ3v) is 3.79. The van der Waals surface area contributed by atoms with Gasteiger partial charge in [-0.15, -0.1) is 5.10 Å². The maximum Gasteiger partial charge on any atom is 0.113 e. The molecule has 2 aromatic carbocycles. The average Bonchev–Trinajstić information content (AvgIpc) is 2.98. The molecule has 3 rings (SSSR count). The number of nitrogens with two attached hydrogens (primary N) is 1. The topological polar surface area (TPSA) is 56.7 Å². The van der Waals surface area contributed by atoms with Crippen molar-refractivity contribution in [2.75, 3.05) is 0 Å². The largest absolute Gasteiger partial charge is 0.326 e. The summed E-state index contributed by atoms with van der Waals surface area (Å²) >= 11 is 2.28. The van der Waals surface area contributed by atoms with E-state index in [2.05, 4.69) is 32.9 Å². The Kier molecular flexibility index (Phi) is 3.79. The van der Waals surface area contributed by atoms with E-state index in [0.717, 1.165) is 22.5 Å². The highest BCUT2D eigenvalue weighted by molar-refractivity contribution is 14.1. The van der Waals surface area contributed by atoms with Crippen LogP contribution >= 0.6 is 22.6 Å². The molecule has 0 amide bonds. The quantitative estimate of drug-likeness (QED) is 0.715. The first-order chi connectivity index (χ1) is 9.76. The summed E-state index contributed by atoms with van der Waals surface area (Å²) in [5.74, 6) is 0. The minimum Gasteiger partial charge on any atom is -0.326 e. The first kappa shape index (κ1) is 13.3. The lowest BCUT2D eigenvalue weighted by Gasteiger charge is -2.00. The van der Waals surface area contributed by atoms with Gasteiger partial charge in [0, 0.05) is 15.7 Å². The molecule has 0 saturated carbocycles. The molecule has 2 N–H and O–H groups in total. The van der Waals surface area contributed by atoms with Crippen LogP contribution in [0.4, 0.5) is 0 Å². The Hall–Kier alpha value is -1.73. The summed E-state index contributed by atoms with van der Waals surface area (Å²) in [4.78, 5) is 0. The number of halogens is 1. The Labute approximate surface area is 130 Å². The van der Waals surface area contributed by atoms with E-state index in [-0.39, 0.29) is 0 Å². The zero-order valence-corrected chi connectivity index (χ0v) is 12.9. The minimum atomic E-state index is 0.551. The highest BCUT2D eigenvalue weighted by Crippen LogP contribution is 2.18. The average molecular weight is 376 g/mol. The van der Waals surface area contributed by atoms with Crippen molar-refractivity contribution in [2.24, 2.45) is 5.73 Å². The van der Waals surface area contributed by atoms with Gasteiger partial charge in [0.15, 0.2) is 0 Å². The normalized spacial score (nSPS) is 10.7. The Balaban J connectivity index is 1.91. The molecular formula is C15H13IN4. The SMILES string of the molecule is NCc1ccc(-c2cn(-c3ccc(I)cc3)nn2)cc1. The molecule has 0 unspecified atom stereocenters. The predicted octanol–water partition coefficient (Wildman–Crippen LogP) is 3.00. The second-order valence-corrected chi connectivity index (χ2v) is 5.67. The lowest BCUT2D eigenvalue weighted by Crippen LogP contribution is -1.95.